The Labute approximate surface area is 109 Å². The molecule has 0 aliphatic rings. The van der Waals surface area contributed by atoms with Crippen molar-refractivity contribution in [3.05, 3.63) is 29.8 Å². The van der Waals surface area contributed by atoms with Gasteiger partial charge in [-0.1, -0.05) is 12.1 Å². The molecule has 3 amide bonds. The van der Waals surface area contributed by atoms with E-state index in [0.717, 1.165) is 0 Å². The van der Waals surface area contributed by atoms with Crippen molar-refractivity contribution < 1.29 is 23.9 Å². The fourth-order valence-electron chi connectivity index (χ4n) is 1.24. The number of rotatable bonds is 4. The summed E-state index contributed by atoms with van der Waals surface area (Å²) in [5.41, 5.74) is 0.206. The predicted octanol–water partition coefficient (Wildman–Crippen LogP) is 0.308. The van der Waals surface area contributed by atoms with Crippen LogP contribution >= 0.6 is 0 Å². The Morgan fingerprint density at radius 2 is 1.89 bits per heavy atom. The van der Waals surface area contributed by atoms with Crippen molar-refractivity contribution in [3.63, 3.8) is 0 Å². The van der Waals surface area contributed by atoms with E-state index in [1.165, 1.54) is 26.3 Å². The van der Waals surface area contributed by atoms with Gasteiger partial charge in [-0.15, -0.1) is 0 Å². The van der Waals surface area contributed by atoms with Crippen LogP contribution in [0.2, 0.25) is 0 Å². The van der Waals surface area contributed by atoms with Crippen molar-refractivity contribution in [1.29, 1.82) is 0 Å². The fourth-order valence-corrected chi connectivity index (χ4v) is 1.24. The first kappa shape index (κ1) is 14.5. The number of carbonyl (C=O) groups is 3. The molecule has 0 radical (unpaired) electrons. The van der Waals surface area contributed by atoms with Gasteiger partial charge in [0.15, 0.2) is 6.61 Å². The molecular weight excluding hydrogens is 252 g/mol. The molecule has 0 spiro atoms. The summed E-state index contributed by atoms with van der Waals surface area (Å²) in [5, 5.41) is 4.26. The summed E-state index contributed by atoms with van der Waals surface area (Å²) in [4.78, 5) is 33.6. The number of para-hydroxylation sites is 1. The van der Waals surface area contributed by atoms with Crippen LogP contribution in [0.5, 0.6) is 5.75 Å². The van der Waals surface area contributed by atoms with Gasteiger partial charge in [0, 0.05) is 7.05 Å². The van der Waals surface area contributed by atoms with Crippen molar-refractivity contribution in [3.8, 4) is 5.75 Å². The van der Waals surface area contributed by atoms with E-state index in [0.29, 0.717) is 0 Å². The van der Waals surface area contributed by atoms with Gasteiger partial charge in [0.25, 0.3) is 5.91 Å². The molecule has 7 nitrogen and oxygen atoms in total. The minimum atomic E-state index is -0.630. The first-order valence-electron chi connectivity index (χ1n) is 5.40. The Morgan fingerprint density at radius 1 is 1.21 bits per heavy atom. The number of imide groups is 1. The maximum Gasteiger partial charge on any atom is 0.341 e. The largest absolute Gasteiger partial charge is 0.483 e. The van der Waals surface area contributed by atoms with E-state index in [9.17, 15) is 14.4 Å². The fraction of sp³-hybridized carbons (Fsp3) is 0.250. The number of urea groups is 1. The van der Waals surface area contributed by atoms with Crippen molar-refractivity contribution >= 4 is 17.9 Å². The highest BCUT2D eigenvalue weighted by Crippen LogP contribution is 2.18. The van der Waals surface area contributed by atoms with Crippen molar-refractivity contribution in [2.24, 2.45) is 0 Å². The molecule has 7 heteroatoms. The van der Waals surface area contributed by atoms with Crippen molar-refractivity contribution in [2.45, 2.75) is 0 Å². The van der Waals surface area contributed by atoms with E-state index in [2.05, 4.69) is 10.1 Å². The maximum absolute atomic E-state index is 11.4. The van der Waals surface area contributed by atoms with E-state index in [4.69, 9.17) is 4.74 Å². The molecule has 0 aliphatic heterocycles. The topological polar surface area (TPSA) is 93.7 Å². The normalized spacial score (nSPS) is 9.37. The molecule has 1 aromatic carbocycles. The van der Waals surface area contributed by atoms with Gasteiger partial charge in [0.1, 0.15) is 11.3 Å². The van der Waals surface area contributed by atoms with Gasteiger partial charge in [-0.25, -0.2) is 9.59 Å². The molecule has 0 aromatic heterocycles. The molecule has 0 aliphatic carbocycles. The summed E-state index contributed by atoms with van der Waals surface area (Å²) >= 11 is 0. The van der Waals surface area contributed by atoms with Gasteiger partial charge in [0.05, 0.1) is 7.11 Å². The number of amides is 3. The van der Waals surface area contributed by atoms with Crippen LogP contribution in [-0.2, 0) is 9.53 Å². The third-order valence-electron chi connectivity index (χ3n) is 2.13. The highest BCUT2D eigenvalue weighted by molar-refractivity contribution is 5.95. The highest BCUT2D eigenvalue weighted by Gasteiger charge is 2.13. The van der Waals surface area contributed by atoms with Gasteiger partial charge in [-0.2, -0.15) is 0 Å². The van der Waals surface area contributed by atoms with Gasteiger partial charge in [-0.3, -0.25) is 10.1 Å². The molecule has 0 unspecified atom stereocenters. The van der Waals surface area contributed by atoms with Crippen LogP contribution in [-0.4, -0.2) is 38.7 Å². The highest BCUT2D eigenvalue weighted by atomic mass is 16.5. The quantitative estimate of drug-likeness (QED) is 0.765. The molecule has 0 atom stereocenters. The minimum Gasteiger partial charge on any atom is -0.483 e. The first-order valence-corrected chi connectivity index (χ1v) is 5.40. The van der Waals surface area contributed by atoms with Crippen LogP contribution < -0.4 is 15.4 Å². The molecule has 2 N–H and O–H groups in total. The van der Waals surface area contributed by atoms with Crippen LogP contribution in [0.15, 0.2) is 24.3 Å². The minimum absolute atomic E-state index is 0.206. The summed E-state index contributed by atoms with van der Waals surface area (Å²) in [6.07, 6.45) is 0. The Bertz CT molecular complexity index is 487. The Kier molecular flexibility index (Phi) is 5.34. The van der Waals surface area contributed by atoms with Crippen LogP contribution in [0.3, 0.4) is 0 Å². The zero-order chi connectivity index (χ0) is 14.3. The summed E-state index contributed by atoms with van der Waals surface area (Å²) in [7, 11) is 2.63. The lowest BCUT2D eigenvalue weighted by molar-refractivity contribution is -0.122. The number of hydrogen-bond acceptors (Lipinski definition) is 5. The lowest BCUT2D eigenvalue weighted by atomic mass is 10.2. The summed E-state index contributed by atoms with van der Waals surface area (Å²) < 4.78 is 9.76. The summed E-state index contributed by atoms with van der Waals surface area (Å²) in [5.74, 6) is -0.984. The van der Waals surface area contributed by atoms with Crippen molar-refractivity contribution in [1.82, 2.24) is 10.6 Å². The van der Waals surface area contributed by atoms with Crippen LogP contribution in [0.4, 0.5) is 4.79 Å². The molecular formula is C12H14N2O5. The van der Waals surface area contributed by atoms with Crippen LogP contribution in [0.25, 0.3) is 0 Å². The van der Waals surface area contributed by atoms with E-state index in [1.54, 1.807) is 12.1 Å². The van der Waals surface area contributed by atoms with Gasteiger partial charge >= 0.3 is 12.0 Å². The predicted molar refractivity (Wildman–Crippen MR) is 65.9 cm³/mol. The maximum atomic E-state index is 11.4. The summed E-state index contributed by atoms with van der Waals surface area (Å²) in [6, 6.07) is 5.70. The molecule has 1 aromatic rings. The van der Waals surface area contributed by atoms with Gasteiger partial charge < -0.3 is 14.8 Å². The average Bonchev–Trinajstić information content (AvgIpc) is 2.44. The number of carbonyl (C=O) groups excluding carboxylic acids is 3. The monoisotopic (exact) mass is 266 g/mol. The first-order chi connectivity index (χ1) is 9.08. The van der Waals surface area contributed by atoms with E-state index in [1.807, 2.05) is 5.32 Å². The van der Waals surface area contributed by atoms with Gasteiger partial charge in [-0.05, 0) is 12.1 Å². The van der Waals surface area contributed by atoms with Gasteiger partial charge in [0.2, 0.25) is 0 Å². The number of nitrogens with one attached hydrogen (secondary N) is 2. The zero-order valence-electron chi connectivity index (χ0n) is 10.6. The molecule has 0 heterocycles. The van der Waals surface area contributed by atoms with Crippen molar-refractivity contribution in [2.75, 3.05) is 20.8 Å². The Hall–Kier alpha value is -2.57. The SMILES string of the molecule is CNC(=O)NC(=O)COc1ccccc1C(=O)OC. The molecule has 19 heavy (non-hydrogen) atoms. The molecule has 0 saturated heterocycles. The molecule has 0 bridgehead atoms. The van der Waals surface area contributed by atoms with E-state index >= 15 is 0 Å². The number of ether oxygens (including phenoxy) is 2. The number of methoxy groups -OCH3 is 1. The molecule has 0 saturated carbocycles. The second kappa shape index (κ2) is 7.00. The van der Waals surface area contributed by atoms with E-state index < -0.39 is 17.9 Å². The number of benzene rings is 1. The number of esters is 1. The second-order valence-corrected chi connectivity index (χ2v) is 3.40. The lowest BCUT2D eigenvalue weighted by Gasteiger charge is -2.09. The Balaban J connectivity index is 2.65. The second-order valence-electron chi connectivity index (χ2n) is 3.40. The van der Waals surface area contributed by atoms with Crippen LogP contribution in [0, 0.1) is 0 Å². The number of hydrogen-bond donors (Lipinski definition) is 2. The Morgan fingerprint density at radius 3 is 2.53 bits per heavy atom. The summed E-state index contributed by atoms with van der Waals surface area (Å²) in [6.45, 7) is -0.387. The molecule has 0 fully saturated rings. The average molecular weight is 266 g/mol. The smallest absolute Gasteiger partial charge is 0.341 e. The van der Waals surface area contributed by atoms with Crippen LogP contribution in [0.1, 0.15) is 10.4 Å². The van der Waals surface area contributed by atoms with E-state index in [-0.39, 0.29) is 17.9 Å². The molecule has 102 valence electrons. The third kappa shape index (κ3) is 4.30. The zero-order valence-corrected chi connectivity index (χ0v) is 10.6. The lowest BCUT2D eigenvalue weighted by Crippen LogP contribution is -2.40. The molecule has 1 rings (SSSR count). The third-order valence-corrected chi connectivity index (χ3v) is 2.13. The standard InChI is InChI=1S/C12H14N2O5/c1-13-12(17)14-10(15)7-19-9-6-4-3-5-8(9)11(16)18-2/h3-6H,7H2,1-2H3,(H2,13,14,15,17).